The lowest BCUT2D eigenvalue weighted by Crippen LogP contribution is -2.42. The van der Waals surface area contributed by atoms with Gasteiger partial charge in [-0.3, -0.25) is 0 Å². The molecule has 0 radical (unpaired) electrons. The summed E-state index contributed by atoms with van der Waals surface area (Å²) in [6.07, 6.45) is 1.55. The van der Waals surface area contributed by atoms with Gasteiger partial charge in [0.1, 0.15) is 18.9 Å². The summed E-state index contributed by atoms with van der Waals surface area (Å²) < 4.78 is 17.0. The van der Waals surface area contributed by atoms with Crippen LogP contribution in [0, 0.1) is 11.8 Å². The van der Waals surface area contributed by atoms with Gasteiger partial charge in [-0.2, -0.15) is 0 Å². The van der Waals surface area contributed by atoms with Crippen molar-refractivity contribution in [1.29, 1.82) is 0 Å². The van der Waals surface area contributed by atoms with E-state index in [-0.39, 0.29) is 12.6 Å². The Balaban J connectivity index is 1.60. The third-order valence-electron chi connectivity index (χ3n) is 4.96. The van der Waals surface area contributed by atoms with Gasteiger partial charge in [0.15, 0.2) is 11.5 Å². The topological polar surface area (TPSA) is 89.0 Å². The molecule has 1 fully saturated rings. The fraction of sp³-hybridized carbons (Fsp3) is 0.455. The molecular weight excluding hydrogens is 420 g/mol. The highest BCUT2D eigenvalue weighted by molar-refractivity contribution is 6.31. The Morgan fingerprint density at radius 3 is 2.77 bits per heavy atom. The highest BCUT2D eigenvalue weighted by Crippen LogP contribution is 2.37. The van der Waals surface area contributed by atoms with Crippen LogP contribution in [0.5, 0.6) is 11.5 Å². The lowest BCUT2D eigenvalue weighted by atomic mass is 10.1. The third-order valence-corrected chi connectivity index (χ3v) is 5.23. The maximum atomic E-state index is 10.1. The molecule has 0 unspecified atom stereocenters. The van der Waals surface area contributed by atoms with Crippen LogP contribution in [0.1, 0.15) is 23.2 Å². The van der Waals surface area contributed by atoms with Crippen molar-refractivity contribution in [3.63, 3.8) is 0 Å². The van der Waals surface area contributed by atoms with Gasteiger partial charge in [0.05, 0.1) is 35.5 Å². The number of aliphatic hydroxyl groups excluding tert-OH is 1. The van der Waals surface area contributed by atoms with E-state index in [4.69, 9.17) is 25.8 Å². The first-order chi connectivity index (χ1) is 15.0. The molecule has 31 heavy (non-hydrogen) atoms. The molecule has 1 aromatic carbocycles. The average molecular weight is 445 g/mol. The number of ether oxygens (including phenoxy) is 3. The van der Waals surface area contributed by atoms with Crippen LogP contribution in [0.4, 0.5) is 5.95 Å². The molecule has 1 saturated heterocycles. The molecule has 0 saturated carbocycles. The fourth-order valence-electron chi connectivity index (χ4n) is 3.46. The summed E-state index contributed by atoms with van der Waals surface area (Å²) in [5.41, 5.74) is 2.15. The van der Waals surface area contributed by atoms with Crippen LogP contribution in [-0.4, -0.2) is 72.6 Å². The molecule has 1 aromatic heterocycles. The molecule has 0 aliphatic carbocycles. The minimum atomic E-state index is -0.619. The van der Waals surface area contributed by atoms with E-state index >= 15 is 0 Å². The normalized spacial score (nSPS) is 20.2. The largest absolute Gasteiger partial charge is 0.486 e. The third kappa shape index (κ3) is 5.20. The van der Waals surface area contributed by atoms with Crippen LogP contribution in [0.15, 0.2) is 18.3 Å². The minimum absolute atomic E-state index is 0.183. The van der Waals surface area contributed by atoms with Gasteiger partial charge in [-0.15, -0.1) is 0 Å². The van der Waals surface area contributed by atoms with Crippen LogP contribution in [0.2, 0.25) is 5.02 Å². The number of halogens is 1. The molecule has 2 N–H and O–H groups in total. The summed E-state index contributed by atoms with van der Waals surface area (Å²) in [6.45, 7) is 2.59. The highest BCUT2D eigenvalue weighted by atomic mass is 35.5. The number of nitrogens with one attached hydrogen (secondary N) is 1. The molecule has 0 bridgehead atoms. The number of anilines is 1. The Bertz CT molecular complexity index is 1000. The maximum absolute atomic E-state index is 10.1. The Hall–Kier alpha value is -2.57. The van der Waals surface area contributed by atoms with E-state index in [2.05, 4.69) is 32.0 Å². The van der Waals surface area contributed by atoms with Crippen molar-refractivity contribution in [2.24, 2.45) is 0 Å². The van der Waals surface area contributed by atoms with E-state index in [1.165, 1.54) is 6.20 Å². The van der Waals surface area contributed by atoms with Crippen LogP contribution in [0.3, 0.4) is 0 Å². The van der Waals surface area contributed by atoms with Crippen LogP contribution < -0.4 is 14.8 Å². The van der Waals surface area contributed by atoms with Crippen LogP contribution in [0.25, 0.3) is 0 Å². The van der Waals surface area contributed by atoms with Crippen LogP contribution >= 0.6 is 11.6 Å². The summed E-state index contributed by atoms with van der Waals surface area (Å²) in [6, 6.07) is 3.74. The summed E-state index contributed by atoms with van der Waals surface area (Å²) in [7, 11) is 4.01. The Kier molecular flexibility index (Phi) is 6.78. The van der Waals surface area contributed by atoms with Crippen molar-refractivity contribution in [1.82, 2.24) is 14.9 Å². The number of fused-ring (bicyclic) bond motifs is 1. The molecule has 3 heterocycles. The number of nitrogens with zero attached hydrogens (tertiary/aromatic N) is 3. The monoisotopic (exact) mass is 444 g/mol. The van der Waals surface area contributed by atoms with Crippen molar-refractivity contribution < 1.29 is 19.3 Å². The number of hydrogen-bond donors (Lipinski definition) is 2. The van der Waals surface area contributed by atoms with Crippen molar-refractivity contribution >= 4 is 17.5 Å². The average Bonchev–Trinajstić information content (AvgIpc) is 2.76. The van der Waals surface area contributed by atoms with Crippen molar-refractivity contribution in [2.75, 3.05) is 45.8 Å². The highest BCUT2D eigenvalue weighted by Gasteiger charge is 2.24. The molecule has 2 aliphatic heterocycles. The molecule has 0 spiro atoms. The Morgan fingerprint density at radius 2 is 2.00 bits per heavy atom. The fourth-order valence-corrected chi connectivity index (χ4v) is 3.60. The van der Waals surface area contributed by atoms with E-state index in [1.54, 1.807) is 0 Å². The second-order valence-corrected chi connectivity index (χ2v) is 8.09. The molecule has 2 aliphatic rings. The first kappa shape index (κ1) is 21.7. The van der Waals surface area contributed by atoms with Crippen molar-refractivity contribution in [3.05, 3.63) is 40.2 Å². The molecule has 8 nitrogen and oxygen atoms in total. The van der Waals surface area contributed by atoms with E-state index in [0.717, 1.165) is 17.9 Å². The summed E-state index contributed by atoms with van der Waals surface area (Å²) in [5.74, 6) is 7.87. The SMILES string of the molecule is CN(C)Cc1ccc(C#Cc2nc(N[C@@H]3CCOC[C@H]3O)ncc2Cl)c2c1OCCO2. The molecule has 2 atom stereocenters. The predicted octanol–water partition coefficient (Wildman–Crippen LogP) is 1.92. The lowest BCUT2D eigenvalue weighted by molar-refractivity contribution is -0.0136. The van der Waals surface area contributed by atoms with Gasteiger partial charge in [-0.05, 0) is 32.5 Å². The minimum Gasteiger partial charge on any atom is -0.486 e. The van der Waals surface area contributed by atoms with Gasteiger partial charge in [-0.25, -0.2) is 9.97 Å². The zero-order valence-corrected chi connectivity index (χ0v) is 18.3. The maximum Gasteiger partial charge on any atom is 0.224 e. The standard InChI is InChI=1S/C22H25ClN4O4/c1-27(2)12-15-4-3-14(20-21(15)31-10-9-30-20)5-6-17-16(23)11-24-22(25-17)26-18-7-8-29-13-19(18)28/h3-4,11,18-19,28H,7-10,12-13H2,1-2H3,(H,24,25,26)/t18-,19-/m1/s1. The molecule has 9 heteroatoms. The second-order valence-electron chi connectivity index (χ2n) is 7.69. The Morgan fingerprint density at radius 1 is 1.19 bits per heavy atom. The number of benzene rings is 1. The number of aliphatic hydroxyl groups is 1. The number of aromatic nitrogens is 2. The van der Waals surface area contributed by atoms with E-state index in [0.29, 0.717) is 54.2 Å². The predicted molar refractivity (Wildman–Crippen MR) is 117 cm³/mol. The van der Waals surface area contributed by atoms with Gasteiger partial charge in [0, 0.05) is 18.7 Å². The molecule has 0 amide bonds. The van der Waals surface area contributed by atoms with E-state index in [9.17, 15) is 5.11 Å². The smallest absolute Gasteiger partial charge is 0.224 e. The number of rotatable bonds is 4. The first-order valence-electron chi connectivity index (χ1n) is 10.1. The molecular formula is C22H25ClN4O4. The van der Waals surface area contributed by atoms with Gasteiger partial charge >= 0.3 is 0 Å². The van der Waals surface area contributed by atoms with Crippen molar-refractivity contribution in [2.45, 2.75) is 25.1 Å². The molecule has 2 aromatic rings. The van der Waals surface area contributed by atoms with Gasteiger partial charge in [0.25, 0.3) is 0 Å². The summed E-state index contributed by atoms with van der Waals surface area (Å²) >= 11 is 6.27. The second kappa shape index (κ2) is 9.71. The van der Waals surface area contributed by atoms with Gasteiger partial charge in [-0.1, -0.05) is 23.6 Å². The molecule has 4 rings (SSSR count). The molecule has 164 valence electrons. The van der Waals surface area contributed by atoms with Crippen molar-refractivity contribution in [3.8, 4) is 23.3 Å². The van der Waals surface area contributed by atoms with Crippen LogP contribution in [-0.2, 0) is 11.3 Å². The number of hydrogen-bond acceptors (Lipinski definition) is 8. The lowest BCUT2D eigenvalue weighted by Gasteiger charge is -2.28. The van der Waals surface area contributed by atoms with Gasteiger partial charge in [0.2, 0.25) is 5.95 Å². The Labute approximate surface area is 186 Å². The zero-order chi connectivity index (χ0) is 21.8. The van der Waals surface area contributed by atoms with E-state index < -0.39 is 6.10 Å². The zero-order valence-electron chi connectivity index (χ0n) is 17.5. The summed E-state index contributed by atoms with van der Waals surface area (Å²) in [5, 5.41) is 13.6. The summed E-state index contributed by atoms with van der Waals surface area (Å²) in [4.78, 5) is 10.7. The quantitative estimate of drug-likeness (QED) is 0.691. The van der Waals surface area contributed by atoms with E-state index in [1.807, 2.05) is 26.2 Å². The first-order valence-corrected chi connectivity index (χ1v) is 10.5. The van der Waals surface area contributed by atoms with Gasteiger partial charge < -0.3 is 29.5 Å².